The number of nitro benzene ring substituents is 1. The number of ether oxygens (including phenoxy) is 1. The average Bonchev–Trinajstić information content (AvgIpc) is 2.26. The van der Waals surface area contributed by atoms with Crippen molar-refractivity contribution in [3.63, 3.8) is 0 Å². The molecule has 0 N–H and O–H groups in total. The van der Waals surface area contributed by atoms with Gasteiger partial charge in [0.05, 0.1) is 18.6 Å². The molecule has 5 nitrogen and oxygen atoms in total. The van der Waals surface area contributed by atoms with E-state index < -0.39 is 4.92 Å². The highest BCUT2D eigenvalue weighted by Gasteiger charge is 2.08. The van der Waals surface area contributed by atoms with Gasteiger partial charge in [0.1, 0.15) is 5.76 Å². The zero-order valence-corrected chi connectivity index (χ0v) is 8.01. The average molecular weight is 204 g/mol. The van der Waals surface area contributed by atoms with E-state index in [1.807, 2.05) is 0 Å². The minimum absolute atomic E-state index is 0.0274. The summed E-state index contributed by atoms with van der Waals surface area (Å²) in [7, 11) is 1.41. The molecule has 0 aromatic heterocycles. The molecule has 0 radical (unpaired) electrons. The van der Waals surface area contributed by atoms with Gasteiger partial charge in [0, 0.05) is 17.7 Å². The molecular weight excluding hydrogens is 196 g/mol. The zero-order valence-electron chi connectivity index (χ0n) is 8.01. The number of non-ortho nitro benzene ring substituents is 1. The summed E-state index contributed by atoms with van der Waals surface area (Å²) in [5.74, 6) is 0.314. The molecule has 1 aromatic carbocycles. The quantitative estimate of drug-likeness (QED) is 0.329. The molecule has 0 bridgehead atoms. The summed E-state index contributed by atoms with van der Waals surface area (Å²) in [6.45, 7) is 6.66. The van der Waals surface area contributed by atoms with Crippen LogP contribution in [0.5, 0.6) is 0 Å². The first-order valence-electron chi connectivity index (χ1n) is 4.04. The number of benzene rings is 1. The van der Waals surface area contributed by atoms with Gasteiger partial charge in [0.25, 0.3) is 5.69 Å². The Balaban J connectivity index is 3.16. The monoisotopic (exact) mass is 204 g/mol. The summed E-state index contributed by atoms with van der Waals surface area (Å²) in [6.07, 6.45) is 1.18. The fraction of sp³-hybridized carbons (Fsp3) is 0.100. The molecule has 0 atom stereocenters. The molecule has 5 heteroatoms. The molecule has 0 aliphatic rings. The molecule has 1 aromatic rings. The summed E-state index contributed by atoms with van der Waals surface area (Å²) >= 11 is 0. The van der Waals surface area contributed by atoms with E-state index in [9.17, 15) is 10.1 Å². The van der Waals surface area contributed by atoms with E-state index in [1.165, 1.54) is 25.4 Å². The van der Waals surface area contributed by atoms with E-state index in [4.69, 9.17) is 11.3 Å². The molecule has 0 unspecified atom stereocenters. The van der Waals surface area contributed by atoms with Gasteiger partial charge in [-0.2, -0.15) is 0 Å². The van der Waals surface area contributed by atoms with E-state index in [0.717, 1.165) is 0 Å². The zero-order chi connectivity index (χ0) is 11.3. The van der Waals surface area contributed by atoms with E-state index in [-0.39, 0.29) is 5.69 Å². The fourth-order valence-electron chi connectivity index (χ4n) is 1.08. The number of rotatable bonds is 3. The van der Waals surface area contributed by atoms with Crippen molar-refractivity contribution in [1.82, 2.24) is 0 Å². The molecule has 0 aliphatic heterocycles. The lowest BCUT2D eigenvalue weighted by Crippen LogP contribution is -1.91. The molecule has 0 fully saturated rings. The maximum Gasteiger partial charge on any atom is 0.270 e. The van der Waals surface area contributed by atoms with Crippen LogP contribution in [0.2, 0.25) is 0 Å². The molecule has 0 aliphatic carbocycles. The van der Waals surface area contributed by atoms with Gasteiger partial charge in [0.15, 0.2) is 6.20 Å². The van der Waals surface area contributed by atoms with Crippen molar-refractivity contribution in [3.05, 3.63) is 57.6 Å². The van der Waals surface area contributed by atoms with Crippen LogP contribution in [0.1, 0.15) is 5.56 Å². The Morgan fingerprint density at radius 3 is 2.93 bits per heavy atom. The lowest BCUT2D eigenvalue weighted by molar-refractivity contribution is -0.384. The maximum absolute atomic E-state index is 10.5. The SMILES string of the molecule is [C-]#[N+]/C=C(/OC)c1cccc([N+](=O)[O-])c1. The standard InChI is InChI=1S/C10H8N2O3/c1-11-7-10(15-2)8-4-3-5-9(6-8)12(13)14/h3-7H,2H3/b10-7+. The van der Waals surface area contributed by atoms with Gasteiger partial charge in [0.2, 0.25) is 0 Å². The molecule has 0 saturated heterocycles. The molecule has 0 heterocycles. The van der Waals surface area contributed by atoms with E-state index >= 15 is 0 Å². The largest absolute Gasteiger partial charge is 0.508 e. The van der Waals surface area contributed by atoms with Gasteiger partial charge in [-0.3, -0.25) is 10.1 Å². The second kappa shape index (κ2) is 4.77. The summed E-state index contributed by atoms with van der Waals surface area (Å²) in [5.41, 5.74) is 0.489. The Kier molecular flexibility index (Phi) is 3.41. The summed E-state index contributed by atoms with van der Waals surface area (Å²) in [4.78, 5) is 13.1. The number of nitrogens with zero attached hydrogens (tertiary/aromatic N) is 2. The third kappa shape index (κ3) is 2.54. The first-order valence-corrected chi connectivity index (χ1v) is 4.04. The molecule has 0 saturated carbocycles. The predicted octanol–water partition coefficient (Wildman–Crippen LogP) is 2.46. The third-order valence-corrected chi connectivity index (χ3v) is 1.74. The first-order chi connectivity index (χ1) is 7.19. The fourth-order valence-corrected chi connectivity index (χ4v) is 1.08. The van der Waals surface area contributed by atoms with Crippen LogP contribution in [0.15, 0.2) is 30.5 Å². The normalized spacial score (nSPS) is 10.5. The highest BCUT2D eigenvalue weighted by molar-refractivity contribution is 5.62. The second-order valence-corrected chi connectivity index (χ2v) is 2.63. The van der Waals surface area contributed by atoms with Crippen LogP contribution in [0, 0.1) is 16.7 Å². The van der Waals surface area contributed by atoms with Crippen LogP contribution in [-0.4, -0.2) is 12.0 Å². The van der Waals surface area contributed by atoms with Crippen LogP contribution in [0.4, 0.5) is 5.69 Å². The van der Waals surface area contributed by atoms with Crippen molar-refractivity contribution in [2.45, 2.75) is 0 Å². The molecule has 1 rings (SSSR count). The predicted molar refractivity (Wildman–Crippen MR) is 54.7 cm³/mol. The van der Waals surface area contributed by atoms with Crippen LogP contribution >= 0.6 is 0 Å². The Morgan fingerprint density at radius 2 is 2.40 bits per heavy atom. The van der Waals surface area contributed by atoms with Crippen molar-refractivity contribution >= 4 is 11.4 Å². The van der Waals surface area contributed by atoms with Crippen LogP contribution < -0.4 is 0 Å². The van der Waals surface area contributed by atoms with E-state index in [2.05, 4.69) is 4.85 Å². The van der Waals surface area contributed by atoms with Crippen LogP contribution in [0.3, 0.4) is 0 Å². The minimum atomic E-state index is -0.491. The van der Waals surface area contributed by atoms with Gasteiger partial charge >= 0.3 is 0 Å². The van der Waals surface area contributed by atoms with Gasteiger partial charge in [-0.15, -0.1) is 0 Å². The van der Waals surface area contributed by atoms with Gasteiger partial charge < -0.3 is 4.74 Å². The topological polar surface area (TPSA) is 56.7 Å². The van der Waals surface area contributed by atoms with Crippen molar-refractivity contribution < 1.29 is 9.66 Å². The Bertz CT molecular complexity index is 446. The number of hydrogen-bond donors (Lipinski definition) is 0. The number of nitro groups is 1. The summed E-state index contributed by atoms with van der Waals surface area (Å²) in [6, 6.07) is 5.94. The Morgan fingerprint density at radius 1 is 1.67 bits per heavy atom. The lowest BCUT2D eigenvalue weighted by atomic mass is 10.2. The summed E-state index contributed by atoms with van der Waals surface area (Å²) in [5, 5.41) is 10.5. The maximum atomic E-state index is 10.5. The van der Waals surface area contributed by atoms with Crippen LogP contribution in [-0.2, 0) is 4.74 Å². The Hall–Kier alpha value is -2.35. The van der Waals surface area contributed by atoms with Crippen molar-refractivity contribution in [2.24, 2.45) is 0 Å². The third-order valence-electron chi connectivity index (χ3n) is 1.74. The van der Waals surface area contributed by atoms with Crippen LogP contribution in [0.25, 0.3) is 10.6 Å². The van der Waals surface area contributed by atoms with Crippen molar-refractivity contribution in [3.8, 4) is 0 Å². The highest BCUT2D eigenvalue weighted by atomic mass is 16.6. The summed E-state index contributed by atoms with van der Waals surface area (Å²) < 4.78 is 4.94. The van der Waals surface area contributed by atoms with E-state index in [0.29, 0.717) is 11.3 Å². The van der Waals surface area contributed by atoms with E-state index in [1.54, 1.807) is 12.1 Å². The van der Waals surface area contributed by atoms with Crippen molar-refractivity contribution in [2.75, 3.05) is 7.11 Å². The van der Waals surface area contributed by atoms with Gasteiger partial charge in [-0.05, 0) is 0 Å². The first kappa shape index (κ1) is 10.7. The molecule has 76 valence electrons. The van der Waals surface area contributed by atoms with Gasteiger partial charge in [-0.25, -0.2) is 4.85 Å². The minimum Gasteiger partial charge on any atom is -0.508 e. The molecular formula is C10H8N2O3. The van der Waals surface area contributed by atoms with Crippen molar-refractivity contribution in [1.29, 1.82) is 0 Å². The number of methoxy groups -OCH3 is 1. The highest BCUT2D eigenvalue weighted by Crippen LogP contribution is 2.20. The molecule has 15 heavy (non-hydrogen) atoms. The molecule has 0 amide bonds. The number of hydrogen-bond acceptors (Lipinski definition) is 3. The molecule has 0 spiro atoms. The van der Waals surface area contributed by atoms with Gasteiger partial charge in [-0.1, -0.05) is 12.1 Å². The smallest absolute Gasteiger partial charge is 0.270 e. The second-order valence-electron chi connectivity index (χ2n) is 2.63. The Labute approximate surface area is 86.6 Å². The lowest BCUT2D eigenvalue weighted by Gasteiger charge is -2.04.